The highest BCUT2D eigenvalue weighted by atomic mass is 35.5. The van der Waals surface area contributed by atoms with Crippen LogP contribution in [-0.4, -0.2) is 47.1 Å². The van der Waals surface area contributed by atoms with Crippen LogP contribution in [0.3, 0.4) is 0 Å². The van der Waals surface area contributed by atoms with Gasteiger partial charge in [0.25, 0.3) is 5.91 Å². The first kappa shape index (κ1) is 21.0. The average molecular weight is 402 g/mol. The second kappa shape index (κ2) is 9.61. The van der Waals surface area contributed by atoms with Gasteiger partial charge in [0.1, 0.15) is 5.75 Å². The number of hydrogen-bond acceptors (Lipinski definition) is 5. The third-order valence-electron chi connectivity index (χ3n) is 4.42. The summed E-state index contributed by atoms with van der Waals surface area (Å²) in [6.07, 6.45) is 2.06. The van der Waals surface area contributed by atoms with Crippen LogP contribution in [0.1, 0.15) is 29.0 Å². The summed E-state index contributed by atoms with van der Waals surface area (Å²) in [4.78, 5) is 12.3. The molecule has 1 atom stereocenters. The second-order valence-electron chi connectivity index (χ2n) is 6.21. The van der Waals surface area contributed by atoms with Gasteiger partial charge in [0.05, 0.1) is 11.4 Å². The van der Waals surface area contributed by atoms with E-state index in [0.29, 0.717) is 23.8 Å². The summed E-state index contributed by atoms with van der Waals surface area (Å²) in [5.41, 5.74) is 1.43. The molecule has 1 aliphatic heterocycles. The Morgan fingerprint density at radius 3 is 2.78 bits per heavy atom. The molecular formula is C17H22ClF2N5O2. The van der Waals surface area contributed by atoms with Gasteiger partial charge >= 0.3 is 6.61 Å². The van der Waals surface area contributed by atoms with Gasteiger partial charge in [-0.15, -0.1) is 17.5 Å². The molecule has 1 amide bonds. The Morgan fingerprint density at radius 1 is 1.41 bits per heavy atom. The van der Waals surface area contributed by atoms with Gasteiger partial charge in [-0.3, -0.25) is 4.79 Å². The molecule has 0 radical (unpaired) electrons. The van der Waals surface area contributed by atoms with E-state index in [9.17, 15) is 13.6 Å². The van der Waals surface area contributed by atoms with E-state index in [1.165, 1.54) is 16.8 Å². The van der Waals surface area contributed by atoms with Crippen molar-refractivity contribution in [2.75, 3.05) is 19.6 Å². The Bertz CT molecular complexity index is 748. The van der Waals surface area contributed by atoms with Crippen molar-refractivity contribution in [1.29, 1.82) is 0 Å². The largest absolute Gasteiger partial charge is 0.435 e. The average Bonchev–Trinajstić information content (AvgIpc) is 3.25. The minimum absolute atomic E-state index is 0. The number of hydrogen-bond donors (Lipinski definition) is 2. The van der Waals surface area contributed by atoms with Gasteiger partial charge in [-0.1, -0.05) is 5.21 Å². The van der Waals surface area contributed by atoms with Crippen LogP contribution in [-0.2, 0) is 0 Å². The van der Waals surface area contributed by atoms with Crippen molar-refractivity contribution in [3.63, 3.8) is 0 Å². The number of amides is 1. The Morgan fingerprint density at radius 2 is 2.15 bits per heavy atom. The smallest absolute Gasteiger partial charge is 0.387 e. The number of nitrogens with one attached hydrogen (secondary N) is 2. The summed E-state index contributed by atoms with van der Waals surface area (Å²) < 4.78 is 30.2. The zero-order chi connectivity index (χ0) is 18.5. The lowest BCUT2D eigenvalue weighted by atomic mass is 10.1. The number of aromatic nitrogens is 3. The van der Waals surface area contributed by atoms with E-state index in [1.54, 1.807) is 19.1 Å². The van der Waals surface area contributed by atoms with Crippen LogP contribution in [0.5, 0.6) is 5.75 Å². The van der Waals surface area contributed by atoms with Crippen molar-refractivity contribution in [1.82, 2.24) is 25.6 Å². The molecule has 2 heterocycles. The standard InChI is InChI=1S/C17H21F2N5O2.ClH/c1-11-15(16(25)21-9-7-12-6-8-20-10-12)22-23-24(11)13-2-4-14(5-3-13)26-17(18)19;/h2-5,12,17,20H,6-10H2,1H3,(H,21,25);1H. The van der Waals surface area contributed by atoms with Crippen LogP contribution in [0.25, 0.3) is 5.69 Å². The topological polar surface area (TPSA) is 81.1 Å². The first-order chi connectivity index (χ1) is 12.5. The highest BCUT2D eigenvalue weighted by Crippen LogP contribution is 2.18. The lowest BCUT2D eigenvalue weighted by Gasteiger charge is -2.09. The van der Waals surface area contributed by atoms with Crippen LogP contribution in [0, 0.1) is 12.8 Å². The quantitative estimate of drug-likeness (QED) is 0.744. The maximum atomic E-state index is 12.3. The number of benzene rings is 1. The number of carbonyl (C=O) groups excluding carboxylic acids is 1. The van der Waals surface area contributed by atoms with Crippen molar-refractivity contribution < 1.29 is 18.3 Å². The van der Waals surface area contributed by atoms with Crippen molar-refractivity contribution in [2.24, 2.45) is 5.92 Å². The van der Waals surface area contributed by atoms with E-state index in [2.05, 4.69) is 25.7 Å². The first-order valence-corrected chi connectivity index (χ1v) is 8.51. The van der Waals surface area contributed by atoms with E-state index in [1.807, 2.05) is 0 Å². The molecule has 1 saturated heterocycles. The number of nitrogens with zero attached hydrogens (tertiary/aromatic N) is 3. The van der Waals surface area contributed by atoms with Crippen LogP contribution in [0.4, 0.5) is 8.78 Å². The van der Waals surface area contributed by atoms with Gasteiger partial charge in [-0.2, -0.15) is 8.78 Å². The lowest BCUT2D eigenvalue weighted by molar-refractivity contribution is -0.0498. The summed E-state index contributed by atoms with van der Waals surface area (Å²) in [6.45, 7) is 1.49. The van der Waals surface area contributed by atoms with Crippen LogP contribution in [0.15, 0.2) is 24.3 Å². The predicted molar refractivity (Wildman–Crippen MR) is 97.9 cm³/mol. The molecule has 1 aromatic heterocycles. The summed E-state index contributed by atoms with van der Waals surface area (Å²) in [5, 5.41) is 14.1. The Kier molecular flexibility index (Phi) is 7.49. The molecule has 1 fully saturated rings. The van der Waals surface area contributed by atoms with Crippen LogP contribution in [0.2, 0.25) is 0 Å². The molecule has 1 aliphatic rings. The summed E-state index contributed by atoms with van der Waals surface area (Å²) >= 11 is 0. The SMILES string of the molecule is Cc1c(C(=O)NCCC2CCNC2)nnn1-c1ccc(OC(F)F)cc1.Cl. The van der Waals surface area contributed by atoms with E-state index < -0.39 is 6.61 Å². The molecule has 0 spiro atoms. The second-order valence-corrected chi connectivity index (χ2v) is 6.21. The third kappa shape index (κ3) is 5.36. The number of alkyl halides is 2. The Hall–Kier alpha value is -2.26. The maximum absolute atomic E-state index is 12.3. The van der Waals surface area contributed by atoms with Crippen molar-refractivity contribution in [2.45, 2.75) is 26.4 Å². The fraction of sp³-hybridized carbons (Fsp3) is 0.471. The Labute approximate surface area is 161 Å². The van der Waals surface area contributed by atoms with E-state index in [-0.39, 0.29) is 29.8 Å². The van der Waals surface area contributed by atoms with Crippen LogP contribution >= 0.6 is 12.4 Å². The molecule has 10 heteroatoms. The molecule has 2 N–H and O–H groups in total. The summed E-state index contributed by atoms with van der Waals surface area (Å²) in [7, 11) is 0. The molecule has 2 aromatic rings. The number of halogens is 3. The molecule has 0 saturated carbocycles. The first-order valence-electron chi connectivity index (χ1n) is 8.51. The van der Waals surface area contributed by atoms with Crippen molar-refractivity contribution >= 4 is 18.3 Å². The zero-order valence-electron chi connectivity index (χ0n) is 14.8. The van der Waals surface area contributed by atoms with Gasteiger partial charge in [-0.05, 0) is 63.0 Å². The minimum atomic E-state index is -2.87. The van der Waals surface area contributed by atoms with Crippen LogP contribution < -0.4 is 15.4 Å². The highest BCUT2D eigenvalue weighted by Gasteiger charge is 2.19. The number of ether oxygens (including phenoxy) is 1. The van der Waals surface area contributed by atoms with E-state index >= 15 is 0 Å². The summed E-state index contributed by atoms with van der Waals surface area (Å²) in [5.74, 6) is 0.388. The van der Waals surface area contributed by atoms with Gasteiger partial charge in [0.2, 0.25) is 0 Å². The van der Waals surface area contributed by atoms with E-state index in [0.717, 1.165) is 25.9 Å². The zero-order valence-corrected chi connectivity index (χ0v) is 15.6. The molecule has 27 heavy (non-hydrogen) atoms. The van der Waals surface area contributed by atoms with Gasteiger partial charge < -0.3 is 15.4 Å². The Balaban J connectivity index is 0.00000261. The van der Waals surface area contributed by atoms with Gasteiger partial charge in [0.15, 0.2) is 5.69 Å². The predicted octanol–water partition coefficient (Wildman–Crippen LogP) is 2.33. The third-order valence-corrected chi connectivity index (χ3v) is 4.42. The van der Waals surface area contributed by atoms with Crippen molar-refractivity contribution in [3.05, 3.63) is 35.7 Å². The molecule has 1 unspecified atom stereocenters. The molecule has 0 aliphatic carbocycles. The normalized spacial score (nSPS) is 16.2. The molecule has 1 aromatic carbocycles. The van der Waals surface area contributed by atoms with Gasteiger partial charge in [-0.25, -0.2) is 4.68 Å². The summed E-state index contributed by atoms with van der Waals surface area (Å²) in [6, 6.07) is 5.98. The fourth-order valence-corrected chi connectivity index (χ4v) is 2.99. The molecule has 7 nitrogen and oxygen atoms in total. The number of rotatable bonds is 7. The fourth-order valence-electron chi connectivity index (χ4n) is 2.99. The minimum Gasteiger partial charge on any atom is -0.435 e. The molecular weight excluding hydrogens is 380 g/mol. The maximum Gasteiger partial charge on any atom is 0.387 e. The molecule has 148 valence electrons. The van der Waals surface area contributed by atoms with E-state index in [4.69, 9.17) is 0 Å². The van der Waals surface area contributed by atoms with Crippen molar-refractivity contribution in [3.8, 4) is 11.4 Å². The monoisotopic (exact) mass is 401 g/mol. The lowest BCUT2D eigenvalue weighted by Crippen LogP contribution is -2.27. The number of carbonyl (C=O) groups is 1. The molecule has 3 rings (SSSR count). The molecule has 0 bridgehead atoms. The van der Waals surface area contributed by atoms with Gasteiger partial charge in [0, 0.05) is 6.54 Å². The highest BCUT2D eigenvalue weighted by molar-refractivity contribution is 5.93.